The minimum absolute atomic E-state index is 0.0637. The zero-order chi connectivity index (χ0) is 15.9. The normalized spacial score (nSPS) is 17.4. The number of fused-ring (bicyclic) bond motifs is 1. The molecule has 0 radical (unpaired) electrons. The van der Waals surface area contributed by atoms with Gasteiger partial charge in [0.2, 0.25) is 5.76 Å². The SMILES string of the molecule is Cc1c(C(=O)N2CCCN(C)CC2)oc2nc(C(C)C)nn12. The van der Waals surface area contributed by atoms with Gasteiger partial charge in [-0.15, -0.1) is 5.10 Å². The third kappa shape index (κ3) is 2.61. The number of oxazole rings is 1. The fourth-order valence-corrected chi connectivity index (χ4v) is 2.69. The first-order valence-electron chi connectivity index (χ1n) is 7.81. The van der Waals surface area contributed by atoms with Crippen LogP contribution in [0.5, 0.6) is 0 Å². The van der Waals surface area contributed by atoms with Crippen LogP contribution in [0.15, 0.2) is 4.42 Å². The molecule has 1 aliphatic rings. The Kier molecular flexibility index (Phi) is 3.90. The Morgan fingerprint density at radius 3 is 2.68 bits per heavy atom. The lowest BCUT2D eigenvalue weighted by atomic mass is 10.2. The molecular weight excluding hydrogens is 282 g/mol. The van der Waals surface area contributed by atoms with Gasteiger partial charge in [-0.3, -0.25) is 4.79 Å². The van der Waals surface area contributed by atoms with Gasteiger partial charge in [-0.05, 0) is 26.9 Å². The lowest BCUT2D eigenvalue weighted by Gasteiger charge is -2.19. The van der Waals surface area contributed by atoms with Crippen LogP contribution in [0, 0.1) is 6.92 Å². The van der Waals surface area contributed by atoms with Gasteiger partial charge in [-0.1, -0.05) is 13.8 Å². The van der Waals surface area contributed by atoms with Crippen molar-refractivity contribution < 1.29 is 9.21 Å². The molecule has 120 valence electrons. The van der Waals surface area contributed by atoms with Crippen LogP contribution in [-0.4, -0.2) is 63.5 Å². The van der Waals surface area contributed by atoms with Crippen molar-refractivity contribution in [1.82, 2.24) is 24.4 Å². The van der Waals surface area contributed by atoms with Crippen LogP contribution in [0.4, 0.5) is 0 Å². The van der Waals surface area contributed by atoms with Crippen molar-refractivity contribution >= 4 is 11.8 Å². The zero-order valence-electron chi connectivity index (χ0n) is 13.7. The minimum Gasteiger partial charge on any atom is -0.416 e. The number of carbonyl (C=O) groups excluding carboxylic acids is 1. The summed E-state index contributed by atoms with van der Waals surface area (Å²) >= 11 is 0. The van der Waals surface area contributed by atoms with E-state index in [9.17, 15) is 4.79 Å². The summed E-state index contributed by atoms with van der Waals surface area (Å²) in [5.41, 5.74) is 0.719. The molecule has 1 aliphatic heterocycles. The van der Waals surface area contributed by atoms with Gasteiger partial charge in [0.05, 0.1) is 5.69 Å². The predicted molar refractivity (Wildman–Crippen MR) is 82.1 cm³/mol. The maximum atomic E-state index is 12.7. The highest BCUT2D eigenvalue weighted by molar-refractivity contribution is 5.93. The highest BCUT2D eigenvalue weighted by atomic mass is 16.4. The summed E-state index contributed by atoms with van der Waals surface area (Å²) in [5, 5.41) is 4.42. The van der Waals surface area contributed by atoms with E-state index in [1.807, 2.05) is 25.7 Å². The van der Waals surface area contributed by atoms with Crippen LogP contribution in [0.25, 0.3) is 5.84 Å². The molecule has 2 aromatic heterocycles. The third-order valence-corrected chi connectivity index (χ3v) is 4.15. The Morgan fingerprint density at radius 1 is 1.23 bits per heavy atom. The molecule has 0 unspecified atom stereocenters. The quantitative estimate of drug-likeness (QED) is 0.842. The molecule has 7 heteroatoms. The lowest BCUT2D eigenvalue weighted by molar-refractivity contribution is 0.0732. The van der Waals surface area contributed by atoms with E-state index in [1.54, 1.807) is 4.52 Å². The Morgan fingerprint density at radius 2 is 2.00 bits per heavy atom. The van der Waals surface area contributed by atoms with E-state index in [-0.39, 0.29) is 11.8 Å². The van der Waals surface area contributed by atoms with Crippen molar-refractivity contribution in [2.75, 3.05) is 33.2 Å². The molecule has 7 nitrogen and oxygen atoms in total. The smallest absolute Gasteiger partial charge is 0.325 e. The molecule has 1 amide bonds. The van der Waals surface area contributed by atoms with Crippen LogP contribution in [0.1, 0.15) is 48.3 Å². The summed E-state index contributed by atoms with van der Waals surface area (Å²) in [4.78, 5) is 21.2. The monoisotopic (exact) mass is 305 g/mol. The van der Waals surface area contributed by atoms with E-state index in [0.717, 1.165) is 44.1 Å². The third-order valence-electron chi connectivity index (χ3n) is 4.15. The molecule has 0 spiro atoms. The second-order valence-electron chi connectivity index (χ2n) is 6.28. The summed E-state index contributed by atoms with van der Waals surface area (Å²) in [6, 6.07) is 0. The van der Waals surface area contributed by atoms with E-state index in [1.165, 1.54) is 0 Å². The maximum Gasteiger partial charge on any atom is 0.325 e. The second-order valence-corrected chi connectivity index (χ2v) is 6.28. The molecule has 0 saturated carbocycles. The van der Waals surface area contributed by atoms with Gasteiger partial charge in [-0.2, -0.15) is 9.50 Å². The predicted octanol–water partition coefficient (Wildman–Crippen LogP) is 1.53. The molecule has 1 saturated heterocycles. The van der Waals surface area contributed by atoms with Gasteiger partial charge in [-0.25, -0.2) is 0 Å². The van der Waals surface area contributed by atoms with Gasteiger partial charge in [0.25, 0.3) is 5.91 Å². The molecule has 22 heavy (non-hydrogen) atoms. The summed E-state index contributed by atoms with van der Waals surface area (Å²) in [6.07, 6.45) is 0.981. The van der Waals surface area contributed by atoms with E-state index < -0.39 is 0 Å². The Balaban J connectivity index is 1.87. The Labute approximate surface area is 129 Å². The first kappa shape index (κ1) is 15.0. The summed E-state index contributed by atoms with van der Waals surface area (Å²) in [7, 11) is 2.08. The molecule has 3 heterocycles. The standard InChI is InChI=1S/C15H23N5O2/c1-10(2)13-16-15-20(17-13)11(3)12(22-15)14(21)19-7-5-6-18(4)8-9-19/h10H,5-9H2,1-4H3. The molecule has 0 aromatic carbocycles. The maximum absolute atomic E-state index is 12.7. The number of hydrogen-bond acceptors (Lipinski definition) is 5. The molecule has 2 aromatic rings. The molecule has 3 rings (SSSR count). The van der Waals surface area contributed by atoms with Gasteiger partial charge in [0, 0.05) is 25.6 Å². The van der Waals surface area contributed by atoms with Crippen LogP contribution >= 0.6 is 0 Å². The second kappa shape index (κ2) is 5.72. The van der Waals surface area contributed by atoms with E-state index in [4.69, 9.17) is 4.42 Å². The minimum atomic E-state index is -0.0637. The van der Waals surface area contributed by atoms with Crippen molar-refractivity contribution in [3.8, 4) is 0 Å². The number of carbonyl (C=O) groups is 1. The van der Waals surface area contributed by atoms with Crippen LogP contribution in [0.3, 0.4) is 0 Å². The average molecular weight is 305 g/mol. The molecule has 0 bridgehead atoms. The molecule has 1 fully saturated rings. The van der Waals surface area contributed by atoms with Gasteiger partial charge >= 0.3 is 5.84 Å². The molecule has 0 N–H and O–H groups in total. The fourth-order valence-electron chi connectivity index (χ4n) is 2.69. The van der Waals surface area contributed by atoms with Crippen molar-refractivity contribution in [3.05, 3.63) is 17.3 Å². The Hall–Kier alpha value is -1.89. The van der Waals surface area contributed by atoms with Crippen LogP contribution in [-0.2, 0) is 0 Å². The van der Waals surface area contributed by atoms with E-state index in [0.29, 0.717) is 11.6 Å². The van der Waals surface area contributed by atoms with Crippen molar-refractivity contribution in [2.24, 2.45) is 0 Å². The molecule has 0 atom stereocenters. The van der Waals surface area contributed by atoms with Gasteiger partial charge in [0.15, 0.2) is 5.82 Å². The highest BCUT2D eigenvalue weighted by Gasteiger charge is 2.26. The zero-order valence-corrected chi connectivity index (χ0v) is 13.7. The summed E-state index contributed by atoms with van der Waals surface area (Å²) in [6.45, 7) is 9.31. The van der Waals surface area contributed by atoms with Crippen molar-refractivity contribution in [1.29, 1.82) is 0 Å². The summed E-state index contributed by atoms with van der Waals surface area (Å²) in [5.74, 6) is 1.66. The topological polar surface area (TPSA) is 66.9 Å². The lowest BCUT2D eigenvalue weighted by Crippen LogP contribution is -2.34. The molecular formula is C15H23N5O2. The summed E-state index contributed by atoms with van der Waals surface area (Å²) < 4.78 is 7.33. The number of nitrogens with zero attached hydrogens (tertiary/aromatic N) is 5. The van der Waals surface area contributed by atoms with Crippen molar-refractivity contribution in [2.45, 2.75) is 33.1 Å². The largest absolute Gasteiger partial charge is 0.416 e. The van der Waals surface area contributed by atoms with Crippen molar-refractivity contribution in [3.63, 3.8) is 0 Å². The number of rotatable bonds is 2. The fraction of sp³-hybridized carbons (Fsp3) is 0.667. The number of hydrogen-bond donors (Lipinski definition) is 0. The van der Waals surface area contributed by atoms with E-state index in [2.05, 4.69) is 22.0 Å². The van der Waals surface area contributed by atoms with Crippen LogP contribution in [0.2, 0.25) is 0 Å². The van der Waals surface area contributed by atoms with Gasteiger partial charge < -0.3 is 14.2 Å². The number of aryl methyl sites for hydroxylation is 1. The molecule has 0 aliphatic carbocycles. The highest BCUT2D eigenvalue weighted by Crippen LogP contribution is 2.19. The van der Waals surface area contributed by atoms with E-state index >= 15 is 0 Å². The number of amides is 1. The number of aromatic nitrogens is 3. The number of likely N-dealkylation sites (N-methyl/N-ethyl adjacent to an activating group) is 1. The van der Waals surface area contributed by atoms with Crippen LogP contribution < -0.4 is 0 Å². The Bertz CT molecular complexity index is 687. The first-order valence-corrected chi connectivity index (χ1v) is 7.81. The average Bonchev–Trinajstić information content (AvgIpc) is 2.94. The first-order chi connectivity index (χ1) is 10.5. The van der Waals surface area contributed by atoms with Gasteiger partial charge in [0.1, 0.15) is 0 Å².